The summed E-state index contributed by atoms with van der Waals surface area (Å²) in [6, 6.07) is 19.3. The SMILES string of the molecule is O[C@@H]1CN[C@@H](C(c2ccc(C3CCCCC3)cc2)c2ccc(C3CCCCC3)cc2)C1. The van der Waals surface area contributed by atoms with Crippen LogP contribution in [-0.4, -0.2) is 23.8 Å². The van der Waals surface area contributed by atoms with Crippen molar-refractivity contribution in [3.8, 4) is 0 Å². The molecule has 0 bridgehead atoms. The number of aliphatic hydroxyl groups is 1. The number of hydrogen-bond donors (Lipinski definition) is 2. The van der Waals surface area contributed by atoms with Gasteiger partial charge in [0.25, 0.3) is 0 Å². The first-order chi connectivity index (χ1) is 15.3. The number of aliphatic hydroxyl groups excluding tert-OH is 1. The molecule has 2 saturated carbocycles. The van der Waals surface area contributed by atoms with E-state index in [1.165, 1.54) is 86.5 Å². The lowest BCUT2D eigenvalue weighted by Gasteiger charge is -2.27. The van der Waals surface area contributed by atoms with Crippen molar-refractivity contribution in [3.05, 3.63) is 70.8 Å². The van der Waals surface area contributed by atoms with Crippen LogP contribution in [0.25, 0.3) is 0 Å². The monoisotopic (exact) mass is 417 g/mol. The predicted molar refractivity (Wildman–Crippen MR) is 129 cm³/mol. The zero-order valence-electron chi connectivity index (χ0n) is 18.9. The Balaban J connectivity index is 1.39. The van der Waals surface area contributed by atoms with Gasteiger partial charge in [-0.25, -0.2) is 0 Å². The van der Waals surface area contributed by atoms with E-state index in [9.17, 15) is 5.11 Å². The summed E-state index contributed by atoms with van der Waals surface area (Å²) in [7, 11) is 0. The lowest BCUT2D eigenvalue weighted by atomic mass is 9.79. The van der Waals surface area contributed by atoms with Crippen molar-refractivity contribution in [2.45, 2.75) is 101 Å². The molecule has 2 nitrogen and oxygen atoms in total. The largest absolute Gasteiger partial charge is 0.392 e. The molecule has 5 rings (SSSR count). The third-order valence-corrected chi connectivity index (χ3v) is 8.29. The van der Waals surface area contributed by atoms with Crippen molar-refractivity contribution < 1.29 is 5.11 Å². The van der Waals surface area contributed by atoms with Gasteiger partial charge in [-0.15, -0.1) is 0 Å². The number of nitrogens with one attached hydrogen (secondary N) is 1. The van der Waals surface area contributed by atoms with Crippen LogP contribution < -0.4 is 5.32 Å². The van der Waals surface area contributed by atoms with Crippen LogP contribution in [0.15, 0.2) is 48.5 Å². The molecule has 1 heterocycles. The van der Waals surface area contributed by atoms with Gasteiger partial charge in [0.2, 0.25) is 0 Å². The van der Waals surface area contributed by atoms with Gasteiger partial charge in [0.15, 0.2) is 0 Å². The Hall–Kier alpha value is -1.64. The second-order valence-electron chi connectivity index (χ2n) is 10.4. The van der Waals surface area contributed by atoms with Crippen LogP contribution in [0.2, 0.25) is 0 Å². The second-order valence-corrected chi connectivity index (χ2v) is 10.4. The zero-order valence-corrected chi connectivity index (χ0v) is 18.9. The van der Waals surface area contributed by atoms with Gasteiger partial charge in [0, 0.05) is 18.5 Å². The third kappa shape index (κ3) is 4.91. The van der Waals surface area contributed by atoms with E-state index < -0.39 is 0 Å². The van der Waals surface area contributed by atoms with Crippen molar-refractivity contribution in [2.24, 2.45) is 0 Å². The summed E-state index contributed by atoms with van der Waals surface area (Å²) in [5.74, 6) is 1.81. The lowest BCUT2D eigenvalue weighted by molar-refractivity contribution is 0.192. The fourth-order valence-corrected chi connectivity index (χ4v) is 6.48. The fraction of sp³-hybridized carbons (Fsp3) is 0.586. The maximum absolute atomic E-state index is 10.2. The van der Waals surface area contributed by atoms with Gasteiger partial charge in [-0.3, -0.25) is 0 Å². The molecule has 1 aliphatic heterocycles. The van der Waals surface area contributed by atoms with Crippen molar-refractivity contribution >= 4 is 0 Å². The minimum atomic E-state index is -0.226. The van der Waals surface area contributed by atoms with E-state index in [2.05, 4.69) is 53.8 Å². The van der Waals surface area contributed by atoms with Crippen LogP contribution in [0, 0.1) is 0 Å². The highest BCUT2D eigenvalue weighted by molar-refractivity contribution is 5.39. The molecule has 0 spiro atoms. The van der Waals surface area contributed by atoms with Gasteiger partial charge in [0.1, 0.15) is 0 Å². The quantitative estimate of drug-likeness (QED) is 0.572. The van der Waals surface area contributed by atoms with Gasteiger partial charge in [-0.1, -0.05) is 87.1 Å². The Kier molecular flexibility index (Phi) is 6.76. The van der Waals surface area contributed by atoms with Gasteiger partial charge in [0.05, 0.1) is 6.10 Å². The summed E-state index contributed by atoms with van der Waals surface area (Å²) < 4.78 is 0. The first kappa shape index (κ1) is 21.2. The number of benzene rings is 2. The molecule has 3 fully saturated rings. The molecule has 2 atom stereocenters. The molecule has 3 aliphatic rings. The summed E-state index contributed by atoms with van der Waals surface area (Å²) in [5, 5.41) is 13.8. The van der Waals surface area contributed by atoms with E-state index in [-0.39, 0.29) is 6.10 Å². The van der Waals surface area contributed by atoms with Crippen LogP contribution in [-0.2, 0) is 0 Å². The minimum absolute atomic E-state index is 0.226. The minimum Gasteiger partial charge on any atom is -0.392 e. The molecule has 2 heteroatoms. The van der Waals surface area contributed by atoms with E-state index in [4.69, 9.17) is 0 Å². The average Bonchev–Trinajstić information content (AvgIpc) is 3.27. The summed E-state index contributed by atoms with van der Waals surface area (Å²) >= 11 is 0. The molecule has 166 valence electrons. The summed E-state index contributed by atoms with van der Waals surface area (Å²) in [6.45, 7) is 0.710. The van der Waals surface area contributed by atoms with Gasteiger partial charge < -0.3 is 10.4 Å². The van der Waals surface area contributed by atoms with Crippen LogP contribution in [0.4, 0.5) is 0 Å². The van der Waals surface area contributed by atoms with Gasteiger partial charge in [-0.05, 0) is 66.2 Å². The van der Waals surface area contributed by atoms with Gasteiger partial charge in [-0.2, -0.15) is 0 Å². The number of hydrogen-bond acceptors (Lipinski definition) is 2. The van der Waals surface area contributed by atoms with E-state index in [1.54, 1.807) is 0 Å². The van der Waals surface area contributed by atoms with Crippen LogP contribution >= 0.6 is 0 Å². The van der Waals surface area contributed by atoms with Crippen LogP contribution in [0.5, 0.6) is 0 Å². The molecule has 0 radical (unpaired) electrons. The fourth-order valence-electron chi connectivity index (χ4n) is 6.48. The maximum atomic E-state index is 10.2. The highest BCUT2D eigenvalue weighted by Gasteiger charge is 2.32. The van der Waals surface area contributed by atoms with Crippen molar-refractivity contribution in [1.29, 1.82) is 0 Å². The van der Waals surface area contributed by atoms with Crippen molar-refractivity contribution in [2.75, 3.05) is 6.54 Å². The standard InChI is InChI=1S/C29H39NO/c31-27-19-28(30-20-27)29(25-15-11-23(12-16-25)21-7-3-1-4-8-21)26-17-13-24(14-18-26)22-9-5-2-6-10-22/h11-18,21-22,27-31H,1-10,19-20H2/t27-,28+/m0/s1. The molecule has 2 aromatic carbocycles. The van der Waals surface area contributed by atoms with Gasteiger partial charge >= 0.3 is 0 Å². The van der Waals surface area contributed by atoms with Crippen LogP contribution in [0.3, 0.4) is 0 Å². The second kappa shape index (κ2) is 9.88. The Bertz CT molecular complexity index is 753. The highest BCUT2D eigenvalue weighted by atomic mass is 16.3. The summed E-state index contributed by atoms with van der Waals surface area (Å²) in [6.07, 6.45) is 14.3. The lowest BCUT2D eigenvalue weighted by Crippen LogP contribution is -2.29. The van der Waals surface area contributed by atoms with Crippen molar-refractivity contribution in [3.63, 3.8) is 0 Å². The Labute approximate surface area is 188 Å². The molecular weight excluding hydrogens is 378 g/mol. The molecule has 2 N–H and O–H groups in total. The Morgan fingerprint density at radius 3 is 1.48 bits per heavy atom. The molecule has 1 saturated heterocycles. The Morgan fingerprint density at radius 1 is 0.645 bits per heavy atom. The third-order valence-electron chi connectivity index (χ3n) is 8.29. The zero-order chi connectivity index (χ0) is 21.0. The van der Waals surface area contributed by atoms with E-state index in [0.29, 0.717) is 18.5 Å². The topological polar surface area (TPSA) is 32.3 Å². The number of β-amino-alcohol motifs (C(OH)–C–C–N with tert-alkyl or cyclic N) is 1. The summed E-state index contributed by atoms with van der Waals surface area (Å²) in [4.78, 5) is 0. The molecule has 0 unspecified atom stereocenters. The van der Waals surface area contributed by atoms with Crippen LogP contribution in [0.1, 0.15) is 111 Å². The van der Waals surface area contributed by atoms with E-state index >= 15 is 0 Å². The summed E-state index contributed by atoms with van der Waals surface area (Å²) in [5.41, 5.74) is 5.82. The molecule has 2 aromatic rings. The van der Waals surface area contributed by atoms with E-state index in [0.717, 1.165) is 18.3 Å². The van der Waals surface area contributed by atoms with Crippen molar-refractivity contribution in [1.82, 2.24) is 5.32 Å². The normalized spacial score (nSPS) is 25.9. The van der Waals surface area contributed by atoms with E-state index in [1.807, 2.05) is 0 Å². The Morgan fingerprint density at radius 2 is 1.10 bits per heavy atom. The maximum Gasteiger partial charge on any atom is 0.0679 e. The molecule has 31 heavy (non-hydrogen) atoms. The highest BCUT2D eigenvalue weighted by Crippen LogP contribution is 2.38. The molecular formula is C29H39NO. The molecule has 0 aromatic heterocycles. The molecule has 2 aliphatic carbocycles. The number of rotatable bonds is 5. The molecule has 0 amide bonds. The predicted octanol–water partition coefficient (Wildman–Crippen LogP) is 6.64. The first-order valence-electron chi connectivity index (χ1n) is 12.9. The average molecular weight is 418 g/mol. The first-order valence-corrected chi connectivity index (χ1v) is 12.9. The smallest absolute Gasteiger partial charge is 0.0679 e.